The minimum absolute atomic E-state index is 0.167. The van der Waals surface area contributed by atoms with Gasteiger partial charge in [0.25, 0.3) is 0 Å². The third-order valence-corrected chi connectivity index (χ3v) is 2.83. The normalized spacial score (nSPS) is 11.1. The quantitative estimate of drug-likeness (QED) is 0.512. The van der Waals surface area contributed by atoms with Crippen LogP contribution in [0.2, 0.25) is 0 Å². The van der Waals surface area contributed by atoms with Crippen molar-refractivity contribution in [3.8, 4) is 11.1 Å². The van der Waals surface area contributed by atoms with Crippen LogP contribution in [0, 0.1) is 0 Å². The average molecular weight is 269 g/mol. The Hall–Kier alpha value is -2.20. The van der Waals surface area contributed by atoms with Crippen LogP contribution in [-0.4, -0.2) is 10.8 Å². The van der Waals surface area contributed by atoms with Crippen molar-refractivity contribution in [2.75, 3.05) is 0 Å². The molecule has 0 aliphatic heterocycles. The SMILES string of the molecule is C/C(=N\NC(N)=S)c1ccc(-c2ccccc2)cc1. The van der Waals surface area contributed by atoms with Gasteiger partial charge >= 0.3 is 0 Å². The van der Waals surface area contributed by atoms with E-state index in [1.165, 1.54) is 11.1 Å². The molecular formula is C15H15N3S. The fraction of sp³-hybridized carbons (Fsp3) is 0.0667. The van der Waals surface area contributed by atoms with Gasteiger partial charge in [0.2, 0.25) is 0 Å². The molecule has 2 rings (SSSR count). The molecule has 0 radical (unpaired) electrons. The largest absolute Gasteiger partial charge is 0.375 e. The van der Waals surface area contributed by atoms with Crippen LogP contribution in [0.5, 0.6) is 0 Å². The third kappa shape index (κ3) is 3.63. The van der Waals surface area contributed by atoms with Gasteiger partial charge in [0.15, 0.2) is 5.11 Å². The predicted octanol–water partition coefficient (Wildman–Crippen LogP) is 2.91. The van der Waals surface area contributed by atoms with Crippen molar-refractivity contribution in [1.29, 1.82) is 0 Å². The van der Waals surface area contributed by atoms with Crippen molar-refractivity contribution < 1.29 is 0 Å². The summed E-state index contributed by atoms with van der Waals surface area (Å²) in [7, 11) is 0. The first kappa shape index (κ1) is 13.2. The van der Waals surface area contributed by atoms with Crippen molar-refractivity contribution in [1.82, 2.24) is 5.43 Å². The first-order chi connectivity index (χ1) is 9.16. The summed E-state index contributed by atoms with van der Waals surface area (Å²) in [6.45, 7) is 1.91. The molecule has 0 spiro atoms. The van der Waals surface area contributed by atoms with E-state index in [-0.39, 0.29) is 5.11 Å². The summed E-state index contributed by atoms with van der Waals surface area (Å²) in [6, 6.07) is 18.5. The van der Waals surface area contributed by atoms with E-state index >= 15 is 0 Å². The van der Waals surface area contributed by atoms with Crippen LogP contribution in [0.1, 0.15) is 12.5 Å². The Morgan fingerprint density at radius 1 is 1.00 bits per heavy atom. The maximum atomic E-state index is 5.33. The Balaban J connectivity index is 2.19. The smallest absolute Gasteiger partial charge is 0.184 e. The highest BCUT2D eigenvalue weighted by Crippen LogP contribution is 2.19. The minimum Gasteiger partial charge on any atom is -0.375 e. The molecule has 0 unspecified atom stereocenters. The lowest BCUT2D eigenvalue weighted by atomic mass is 10.0. The minimum atomic E-state index is 0.167. The van der Waals surface area contributed by atoms with Crippen molar-refractivity contribution in [2.45, 2.75) is 6.92 Å². The molecule has 0 saturated carbocycles. The Labute approximate surface area is 118 Å². The molecule has 19 heavy (non-hydrogen) atoms. The van der Waals surface area contributed by atoms with Crippen molar-refractivity contribution in [3.05, 3.63) is 60.2 Å². The molecule has 0 aromatic heterocycles. The Bertz CT molecular complexity index is 589. The number of hydrazone groups is 1. The van der Waals surface area contributed by atoms with Gasteiger partial charge in [0, 0.05) is 0 Å². The molecule has 0 aliphatic rings. The van der Waals surface area contributed by atoms with Gasteiger partial charge in [-0.2, -0.15) is 5.10 Å². The molecule has 0 amide bonds. The van der Waals surface area contributed by atoms with Crippen LogP contribution < -0.4 is 11.2 Å². The molecule has 4 heteroatoms. The highest BCUT2D eigenvalue weighted by Gasteiger charge is 2.00. The molecule has 3 N–H and O–H groups in total. The number of nitrogens with two attached hydrogens (primary N) is 1. The molecule has 2 aromatic rings. The molecule has 3 nitrogen and oxygen atoms in total. The highest BCUT2D eigenvalue weighted by molar-refractivity contribution is 7.80. The van der Waals surface area contributed by atoms with Crippen LogP contribution in [0.25, 0.3) is 11.1 Å². The molecular weight excluding hydrogens is 254 g/mol. The average Bonchev–Trinajstić information content (AvgIpc) is 2.46. The second-order valence-electron chi connectivity index (χ2n) is 4.12. The highest BCUT2D eigenvalue weighted by atomic mass is 32.1. The molecule has 0 saturated heterocycles. The van der Waals surface area contributed by atoms with E-state index in [0.29, 0.717) is 0 Å². The summed E-state index contributed by atoms with van der Waals surface area (Å²) in [6.07, 6.45) is 0. The predicted molar refractivity (Wildman–Crippen MR) is 84.0 cm³/mol. The summed E-state index contributed by atoms with van der Waals surface area (Å²) in [5.41, 5.74) is 12.2. The zero-order valence-corrected chi connectivity index (χ0v) is 11.4. The molecule has 0 bridgehead atoms. The first-order valence-electron chi connectivity index (χ1n) is 5.92. The summed E-state index contributed by atoms with van der Waals surface area (Å²) in [5, 5.41) is 4.26. The summed E-state index contributed by atoms with van der Waals surface area (Å²) < 4.78 is 0. The number of nitrogens with zero attached hydrogens (tertiary/aromatic N) is 1. The van der Waals surface area contributed by atoms with Crippen molar-refractivity contribution >= 4 is 23.0 Å². The van der Waals surface area contributed by atoms with Gasteiger partial charge in [-0.1, -0.05) is 54.6 Å². The Morgan fingerprint density at radius 2 is 1.58 bits per heavy atom. The maximum absolute atomic E-state index is 5.33. The summed E-state index contributed by atoms with van der Waals surface area (Å²) >= 11 is 4.71. The van der Waals surface area contributed by atoms with Gasteiger partial charge in [0.05, 0.1) is 5.71 Å². The van der Waals surface area contributed by atoms with Gasteiger partial charge in [0.1, 0.15) is 0 Å². The van der Waals surface area contributed by atoms with Crippen LogP contribution in [-0.2, 0) is 0 Å². The fourth-order valence-corrected chi connectivity index (χ4v) is 1.78. The number of hydrogen-bond acceptors (Lipinski definition) is 2. The molecule has 0 fully saturated rings. The topological polar surface area (TPSA) is 50.4 Å². The lowest BCUT2D eigenvalue weighted by Crippen LogP contribution is -2.25. The standard InChI is InChI=1S/C15H15N3S/c1-11(17-18-15(16)19)12-7-9-14(10-8-12)13-5-3-2-4-6-13/h2-10H,1H3,(H3,16,18,19)/b17-11+. The van der Waals surface area contributed by atoms with Gasteiger partial charge in [-0.3, -0.25) is 5.43 Å². The van der Waals surface area contributed by atoms with E-state index in [0.717, 1.165) is 11.3 Å². The van der Waals surface area contributed by atoms with Crippen LogP contribution in [0.3, 0.4) is 0 Å². The van der Waals surface area contributed by atoms with Crippen LogP contribution >= 0.6 is 12.2 Å². The van der Waals surface area contributed by atoms with E-state index in [4.69, 9.17) is 18.0 Å². The summed E-state index contributed by atoms with van der Waals surface area (Å²) in [4.78, 5) is 0. The van der Waals surface area contributed by atoms with E-state index in [2.05, 4.69) is 34.8 Å². The third-order valence-electron chi connectivity index (χ3n) is 2.74. The second kappa shape index (κ2) is 6.11. The van der Waals surface area contributed by atoms with E-state index in [1.54, 1.807) is 0 Å². The molecule has 96 valence electrons. The van der Waals surface area contributed by atoms with Crippen molar-refractivity contribution in [2.24, 2.45) is 10.8 Å². The second-order valence-corrected chi connectivity index (χ2v) is 4.56. The number of thiocarbonyl (C=S) groups is 1. The number of rotatable bonds is 3. The van der Waals surface area contributed by atoms with Crippen LogP contribution in [0.15, 0.2) is 59.7 Å². The first-order valence-corrected chi connectivity index (χ1v) is 6.33. The van der Waals surface area contributed by atoms with Crippen molar-refractivity contribution in [3.63, 3.8) is 0 Å². The van der Waals surface area contributed by atoms with E-state index in [1.807, 2.05) is 37.3 Å². The zero-order valence-electron chi connectivity index (χ0n) is 10.6. The van der Waals surface area contributed by atoms with Gasteiger partial charge < -0.3 is 5.73 Å². The lowest BCUT2D eigenvalue weighted by molar-refractivity contribution is 1.03. The Kier molecular flexibility index (Phi) is 4.26. The maximum Gasteiger partial charge on any atom is 0.184 e. The molecule has 0 heterocycles. The van der Waals surface area contributed by atoms with E-state index in [9.17, 15) is 0 Å². The fourth-order valence-electron chi connectivity index (χ4n) is 1.74. The molecule has 2 aromatic carbocycles. The van der Waals surface area contributed by atoms with Crippen LogP contribution in [0.4, 0.5) is 0 Å². The number of benzene rings is 2. The van der Waals surface area contributed by atoms with Gasteiger partial charge in [-0.25, -0.2) is 0 Å². The lowest BCUT2D eigenvalue weighted by Gasteiger charge is -2.05. The number of nitrogens with one attached hydrogen (secondary N) is 1. The number of hydrogen-bond donors (Lipinski definition) is 2. The van der Waals surface area contributed by atoms with E-state index < -0.39 is 0 Å². The Morgan fingerprint density at radius 3 is 2.16 bits per heavy atom. The molecule has 0 aliphatic carbocycles. The van der Waals surface area contributed by atoms with Gasteiger partial charge in [-0.15, -0.1) is 0 Å². The zero-order chi connectivity index (χ0) is 13.7. The molecule has 0 atom stereocenters. The summed E-state index contributed by atoms with van der Waals surface area (Å²) in [5.74, 6) is 0. The monoisotopic (exact) mass is 269 g/mol. The van der Waals surface area contributed by atoms with Gasteiger partial charge in [-0.05, 0) is 35.8 Å².